The van der Waals surface area contributed by atoms with E-state index < -0.39 is 0 Å². The Labute approximate surface area is 220 Å². The summed E-state index contributed by atoms with van der Waals surface area (Å²) in [7, 11) is 0. The number of furan rings is 1. The van der Waals surface area contributed by atoms with Crippen LogP contribution < -0.4 is 0 Å². The van der Waals surface area contributed by atoms with Gasteiger partial charge in [0.1, 0.15) is 22.9 Å². The van der Waals surface area contributed by atoms with Gasteiger partial charge in [-0.25, -0.2) is 0 Å². The zero-order valence-electron chi connectivity index (χ0n) is 20.7. The van der Waals surface area contributed by atoms with Gasteiger partial charge < -0.3 is 14.1 Å². The summed E-state index contributed by atoms with van der Waals surface area (Å²) in [5, 5.41) is 15.4. The Morgan fingerprint density at radius 3 is 2.65 bits per heavy atom. The highest BCUT2D eigenvalue weighted by molar-refractivity contribution is 7.98. The van der Waals surface area contributed by atoms with Crippen LogP contribution in [0.2, 0.25) is 0 Å². The first kappa shape index (κ1) is 25.3. The van der Waals surface area contributed by atoms with Gasteiger partial charge in [-0.15, -0.1) is 11.8 Å². The molecule has 5 rings (SSSR count). The highest BCUT2D eigenvalue weighted by Crippen LogP contribution is 2.38. The van der Waals surface area contributed by atoms with E-state index in [1.54, 1.807) is 6.07 Å². The number of aromatic nitrogens is 2. The maximum atomic E-state index is 13.3. The molecule has 2 aliphatic rings. The SMILES string of the molecule is CC1CN(C(=O)CN2CCOCC2)CC1c1nn(C(=O)c2ccoc2)c(SCc2ccccc2)c1C#N. The number of ether oxygens (including phenoxy) is 1. The lowest BCUT2D eigenvalue weighted by Crippen LogP contribution is -2.44. The van der Waals surface area contributed by atoms with Crippen molar-refractivity contribution < 1.29 is 18.7 Å². The number of amides is 1. The van der Waals surface area contributed by atoms with E-state index in [0.29, 0.717) is 60.4 Å². The number of carbonyl (C=O) groups excluding carboxylic acids is 2. The van der Waals surface area contributed by atoms with E-state index in [-0.39, 0.29) is 23.7 Å². The maximum Gasteiger partial charge on any atom is 0.282 e. The van der Waals surface area contributed by atoms with Crippen LogP contribution in [0.5, 0.6) is 0 Å². The summed E-state index contributed by atoms with van der Waals surface area (Å²) in [4.78, 5) is 30.4. The Morgan fingerprint density at radius 1 is 1.16 bits per heavy atom. The van der Waals surface area contributed by atoms with Crippen LogP contribution in [0.1, 0.15) is 40.0 Å². The number of morpholine rings is 1. The number of thioether (sulfide) groups is 1. The summed E-state index contributed by atoms with van der Waals surface area (Å²) in [6, 6.07) is 13.8. The lowest BCUT2D eigenvalue weighted by Gasteiger charge is -2.28. The first-order chi connectivity index (χ1) is 18.0. The van der Waals surface area contributed by atoms with E-state index in [1.807, 2.05) is 35.2 Å². The molecule has 0 aliphatic carbocycles. The molecule has 2 fully saturated rings. The molecule has 2 aromatic heterocycles. The van der Waals surface area contributed by atoms with E-state index in [9.17, 15) is 14.9 Å². The van der Waals surface area contributed by atoms with Crippen LogP contribution in [0, 0.1) is 17.2 Å². The second-order valence-corrected chi connectivity index (χ2v) is 10.4. The minimum atomic E-state index is -0.349. The molecule has 2 aliphatic heterocycles. The minimum Gasteiger partial charge on any atom is -0.472 e. The van der Waals surface area contributed by atoms with E-state index in [2.05, 4.69) is 17.9 Å². The van der Waals surface area contributed by atoms with Crippen molar-refractivity contribution in [1.29, 1.82) is 5.26 Å². The fraction of sp³-hybridized carbons (Fsp3) is 0.407. The molecule has 192 valence electrons. The molecule has 0 saturated carbocycles. The summed E-state index contributed by atoms with van der Waals surface area (Å²) >= 11 is 1.42. The second-order valence-electron chi connectivity index (χ2n) is 9.45. The number of nitriles is 1. The molecule has 9 nitrogen and oxygen atoms in total. The molecule has 2 unspecified atom stereocenters. The van der Waals surface area contributed by atoms with Gasteiger partial charge >= 0.3 is 0 Å². The third-order valence-corrected chi connectivity index (χ3v) is 8.07. The summed E-state index contributed by atoms with van der Waals surface area (Å²) in [5.41, 5.74) is 2.42. The van der Waals surface area contributed by atoms with Gasteiger partial charge in [-0.2, -0.15) is 15.0 Å². The molecule has 1 amide bonds. The Hall–Kier alpha value is -3.39. The van der Waals surface area contributed by atoms with E-state index >= 15 is 0 Å². The smallest absolute Gasteiger partial charge is 0.282 e. The Bertz CT molecular complexity index is 1280. The predicted octanol–water partition coefficient (Wildman–Crippen LogP) is 3.22. The van der Waals surface area contributed by atoms with Gasteiger partial charge in [0, 0.05) is 37.8 Å². The lowest BCUT2D eigenvalue weighted by atomic mass is 9.93. The van der Waals surface area contributed by atoms with Crippen LogP contribution in [0.25, 0.3) is 0 Å². The average molecular weight is 520 g/mol. The number of hydrogen-bond donors (Lipinski definition) is 0. The van der Waals surface area contributed by atoms with Crippen molar-refractivity contribution >= 4 is 23.6 Å². The number of rotatable bonds is 7. The highest BCUT2D eigenvalue weighted by atomic mass is 32.2. The van der Waals surface area contributed by atoms with E-state index in [0.717, 1.165) is 18.7 Å². The number of carbonyl (C=O) groups is 2. The van der Waals surface area contributed by atoms with E-state index in [1.165, 1.54) is 29.0 Å². The lowest BCUT2D eigenvalue weighted by molar-refractivity contribution is -0.132. The quantitative estimate of drug-likeness (QED) is 0.438. The molecule has 0 spiro atoms. The van der Waals surface area contributed by atoms with Crippen molar-refractivity contribution in [2.45, 2.75) is 23.6 Å². The first-order valence-electron chi connectivity index (χ1n) is 12.4. The third-order valence-electron chi connectivity index (χ3n) is 6.94. The molecular formula is C27H29N5O4S. The number of likely N-dealkylation sites (tertiary alicyclic amines) is 1. The number of nitrogens with zero attached hydrogens (tertiary/aromatic N) is 5. The van der Waals surface area contributed by atoms with Gasteiger partial charge in [0.25, 0.3) is 5.91 Å². The Balaban J connectivity index is 1.42. The molecule has 2 atom stereocenters. The monoisotopic (exact) mass is 519 g/mol. The first-order valence-corrected chi connectivity index (χ1v) is 13.4. The van der Waals surface area contributed by atoms with Crippen molar-refractivity contribution in [3.05, 3.63) is 71.3 Å². The van der Waals surface area contributed by atoms with Gasteiger partial charge in [-0.05, 0) is 17.5 Å². The molecule has 0 bridgehead atoms. The Kier molecular flexibility index (Phi) is 7.74. The fourth-order valence-corrected chi connectivity index (χ4v) is 5.90. The molecule has 0 N–H and O–H groups in total. The topological polar surface area (TPSA) is 105 Å². The zero-order chi connectivity index (χ0) is 25.8. The summed E-state index contributed by atoms with van der Waals surface area (Å²) in [6.45, 7) is 6.28. The zero-order valence-corrected chi connectivity index (χ0v) is 21.5. The minimum absolute atomic E-state index is 0.0716. The van der Waals surface area contributed by atoms with Crippen molar-refractivity contribution in [2.75, 3.05) is 45.9 Å². The van der Waals surface area contributed by atoms with Crippen LogP contribution in [-0.4, -0.2) is 77.3 Å². The standard InChI is InChI=1S/C27H29N5O4S/c1-19-14-31(24(33)16-30-8-11-35-12-9-30)15-23(19)25-22(13-28)27(37-18-20-5-3-2-4-6-20)32(29-25)26(34)21-7-10-36-17-21/h2-7,10,17,19,23H,8-9,11-12,14-16,18H2,1H3. The summed E-state index contributed by atoms with van der Waals surface area (Å²) in [5.74, 6) is 0.266. The number of benzene rings is 1. The van der Waals surface area contributed by atoms with Gasteiger partial charge in [-0.3, -0.25) is 14.5 Å². The summed E-state index contributed by atoms with van der Waals surface area (Å²) in [6.07, 6.45) is 2.82. The van der Waals surface area contributed by atoms with Crippen molar-refractivity contribution in [2.24, 2.45) is 5.92 Å². The fourth-order valence-electron chi connectivity index (χ4n) is 4.87. The van der Waals surface area contributed by atoms with Gasteiger partial charge in [0.05, 0.1) is 37.3 Å². The molecule has 37 heavy (non-hydrogen) atoms. The van der Waals surface area contributed by atoms with Crippen LogP contribution in [-0.2, 0) is 15.3 Å². The highest BCUT2D eigenvalue weighted by Gasteiger charge is 2.38. The van der Waals surface area contributed by atoms with Crippen LogP contribution >= 0.6 is 11.8 Å². The molecule has 2 saturated heterocycles. The van der Waals surface area contributed by atoms with Crippen molar-refractivity contribution in [3.63, 3.8) is 0 Å². The molecule has 4 heterocycles. The molecular weight excluding hydrogens is 490 g/mol. The largest absolute Gasteiger partial charge is 0.472 e. The predicted molar refractivity (Wildman–Crippen MR) is 137 cm³/mol. The normalized spacial score (nSPS) is 20.2. The van der Waals surface area contributed by atoms with Crippen LogP contribution in [0.3, 0.4) is 0 Å². The van der Waals surface area contributed by atoms with Gasteiger partial charge in [0.2, 0.25) is 5.91 Å². The number of hydrogen-bond acceptors (Lipinski definition) is 8. The summed E-state index contributed by atoms with van der Waals surface area (Å²) < 4.78 is 11.8. The third kappa shape index (κ3) is 5.49. The van der Waals surface area contributed by atoms with Gasteiger partial charge in [-0.1, -0.05) is 37.3 Å². The van der Waals surface area contributed by atoms with Crippen molar-refractivity contribution in [3.8, 4) is 6.07 Å². The van der Waals surface area contributed by atoms with E-state index in [4.69, 9.17) is 14.3 Å². The second kappa shape index (κ2) is 11.3. The van der Waals surface area contributed by atoms with Crippen LogP contribution in [0.15, 0.2) is 58.4 Å². The molecule has 0 radical (unpaired) electrons. The molecule has 10 heteroatoms. The van der Waals surface area contributed by atoms with Gasteiger partial charge in [0.15, 0.2) is 0 Å². The van der Waals surface area contributed by atoms with Crippen LogP contribution in [0.4, 0.5) is 0 Å². The molecule has 3 aromatic rings. The average Bonchev–Trinajstić information content (AvgIpc) is 3.67. The Morgan fingerprint density at radius 2 is 1.95 bits per heavy atom. The maximum absolute atomic E-state index is 13.3. The van der Waals surface area contributed by atoms with Crippen molar-refractivity contribution in [1.82, 2.24) is 19.6 Å². The molecule has 1 aromatic carbocycles.